The van der Waals surface area contributed by atoms with Crippen LogP contribution in [0, 0.1) is 17.8 Å². The smallest absolute Gasteiger partial charge is 0.322 e. The fraction of sp³-hybridized carbons (Fsp3) is 0.641. The first-order chi connectivity index (χ1) is 27.3. The molecular weight excluding hydrogens is 754 g/mol. The van der Waals surface area contributed by atoms with E-state index in [0.29, 0.717) is 31.4 Å². The molecule has 0 aliphatic carbocycles. The molecule has 19 heteroatoms. The van der Waals surface area contributed by atoms with Gasteiger partial charge < -0.3 is 58.9 Å². The van der Waals surface area contributed by atoms with Crippen molar-refractivity contribution in [2.75, 3.05) is 26.2 Å². The van der Waals surface area contributed by atoms with Gasteiger partial charge in [-0.2, -0.15) is 0 Å². The van der Waals surface area contributed by atoms with E-state index in [4.69, 9.17) is 16.6 Å². The highest BCUT2D eigenvalue weighted by molar-refractivity contribution is 5.96. The number of nitrogens with two attached hydrogens (primary N) is 2. The molecule has 0 bridgehead atoms. The summed E-state index contributed by atoms with van der Waals surface area (Å²) in [6.07, 6.45) is 1.87. The molecule has 13 N–H and O–H groups in total. The Bertz CT molecular complexity index is 1510. The summed E-state index contributed by atoms with van der Waals surface area (Å²) in [6, 6.07) is 1.76. The maximum Gasteiger partial charge on any atom is 0.322 e. The second-order valence-electron chi connectivity index (χ2n) is 15.1. The molecule has 19 nitrogen and oxygen atoms in total. The van der Waals surface area contributed by atoms with E-state index >= 15 is 0 Å². The Morgan fingerprint density at radius 1 is 0.672 bits per heavy atom. The van der Waals surface area contributed by atoms with Gasteiger partial charge in [-0.15, -0.1) is 0 Å². The van der Waals surface area contributed by atoms with Crippen molar-refractivity contribution in [3.63, 3.8) is 0 Å². The van der Waals surface area contributed by atoms with Crippen molar-refractivity contribution in [2.24, 2.45) is 29.2 Å². The van der Waals surface area contributed by atoms with Gasteiger partial charge in [0.15, 0.2) is 0 Å². The highest BCUT2D eigenvalue weighted by Crippen LogP contribution is 2.10. The summed E-state index contributed by atoms with van der Waals surface area (Å²) in [7, 11) is 0. The fourth-order valence-electron chi connectivity index (χ4n) is 5.64. The number of carboxylic acids is 1. The Morgan fingerprint density at radius 2 is 1.22 bits per heavy atom. The summed E-state index contributed by atoms with van der Waals surface area (Å²) in [5.74, 6) is -7.16. The van der Waals surface area contributed by atoms with Crippen LogP contribution in [0.15, 0.2) is 30.3 Å². The predicted octanol–water partition coefficient (Wildman–Crippen LogP) is -1.83. The van der Waals surface area contributed by atoms with E-state index in [2.05, 4.69) is 37.2 Å². The largest absolute Gasteiger partial charge is 0.480 e. The maximum atomic E-state index is 13.6. The van der Waals surface area contributed by atoms with Crippen LogP contribution in [0.4, 0.5) is 0 Å². The van der Waals surface area contributed by atoms with Gasteiger partial charge in [-0.1, -0.05) is 78.3 Å². The van der Waals surface area contributed by atoms with Crippen molar-refractivity contribution in [3.8, 4) is 0 Å². The van der Waals surface area contributed by atoms with Crippen LogP contribution in [0.25, 0.3) is 0 Å². The first-order valence-electron chi connectivity index (χ1n) is 19.7. The second-order valence-corrected chi connectivity index (χ2v) is 15.1. The van der Waals surface area contributed by atoms with Crippen molar-refractivity contribution in [2.45, 2.75) is 116 Å². The molecule has 0 fully saturated rings. The second kappa shape index (κ2) is 26.7. The molecular formula is C39H65N9O10. The number of carbonyl (C=O) groups excluding carboxylic acids is 7. The van der Waals surface area contributed by atoms with Crippen molar-refractivity contribution in [1.82, 2.24) is 37.2 Å². The third-order valence-electron chi connectivity index (χ3n) is 9.31. The van der Waals surface area contributed by atoms with Crippen LogP contribution in [-0.2, 0) is 44.8 Å². The van der Waals surface area contributed by atoms with Crippen molar-refractivity contribution < 1.29 is 48.6 Å². The van der Waals surface area contributed by atoms with Gasteiger partial charge in [-0.25, -0.2) is 0 Å². The van der Waals surface area contributed by atoms with Crippen LogP contribution >= 0.6 is 0 Å². The Labute approximate surface area is 340 Å². The number of hydrogen-bond acceptors (Lipinski definition) is 11. The molecule has 0 aromatic heterocycles. The summed E-state index contributed by atoms with van der Waals surface area (Å²) in [5.41, 5.74) is 12.3. The first kappa shape index (κ1) is 50.9. The number of aliphatic carboxylic acids is 1. The van der Waals surface area contributed by atoms with Crippen molar-refractivity contribution in [3.05, 3.63) is 35.9 Å². The van der Waals surface area contributed by atoms with E-state index in [1.54, 1.807) is 51.1 Å². The fourth-order valence-corrected chi connectivity index (χ4v) is 5.64. The number of unbranched alkanes of at least 4 members (excludes halogenated alkanes) is 1. The van der Waals surface area contributed by atoms with Gasteiger partial charge in [0.2, 0.25) is 41.4 Å². The molecule has 0 saturated heterocycles. The van der Waals surface area contributed by atoms with Crippen LogP contribution < -0.4 is 48.7 Å². The lowest BCUT2D eigenvalue weighted by molar-refractivity contribution is -0.138. The van der Waals surface area contributed by atoms with Gasteiger partial charge in [0.1, 0.15) is 36.8 Å². The molecule has 0 spiro atoms. The first-order valence-corrected chi connectivity index (χ1v) is 19.7. The zero-order valence-electron chi connectivity index (χ0n) is 34.5. The number of nitrogens with one attached hydrogen (secondary N) is 7. The minimum absolute atomic E-state index is 0.0392. The van der Waals surface area contributed by atoms with Gasteiger partial charge >= 0.3 is 5.97 Å². The minimum atomic E-state index is -1.40. The van der Waals surface area contributed by atoms with Crippen LogP contribution in [0.3, 0.4) is 0 Å². The summed E-state index contributed by atoms with van der Waals surface area (Å²) in [6.45, 7) is 8.88. The monoisotopic (exact) mass is 819 g/mol. The Hall–Kier alpha value is -5.14. The number of aliphatic hydroxyl groups is 1. The van der Waals surface area contributed by atoms with Crippen LogP contribution in [0.2, 0.25) is 0 Å². The van der Waals surface area contributed by atoms with Crippen molar-refractivity contribution >= 4 is 47.3 Å². The normalized spacial score (nSPS) is 14.7. The molecule has 0 aliphatic heterocycles. The lowest BCUT2D eigenvalue weighted by atomic mass is 9.99. The van der Waals surface area contributed by atoms with Crippen LogP contribution in [-0.4, -0.2) is 120 Å². The number of carboxylic acid groups (broad SMARTS) is 1. The Kier molecular flexibility index (Phi) is 23.4. The summed E-state index contributed by atoms with van der Waals surface area (Å²) >= 11 is 0. The average molecular weight is 820 g/mol. The highest BCUT2D eigenvalue weighted by Gasteiger charge is 2.33. The summed E-state index contributed by atoms with van der Waals surface area (Å²) in [4.78, 5) is 103. The molecule has 7 unspecified atom stereocenters. The average Bonchev–Trinajstić information content (AvgIpc) is 3.18. The molecule has 1 aromatic carbocycles. The molecule has 1 rings (SSSR count). The zero-order valence-corrected chi connectivity index (χ0v) is 34.5. The number of aliphatic hydroxyl groups excluding tert-OH is 1. The molecule has 7 atom stereocenters. The number of carbonyl (C=O) groups is 8. The lowest BCUT2D eigenvalue weighted by Crippen LogP contribution is -2.59. The van der Waals surface area contributed by atoms with Crippen LogP contribution in [0.1, 0.15) is 79.2 Å². The molecule has 7 amide bonds. The quantitative estimate of drug-likeness (QED) is 0.0437. The molecule has 0 heterocycles. The SMILES string of the molecule is CCC(C)C(N)C(=O)NC(CO)C(=O)NC(CC(C)C)C(=O)NC(CCCCN)C(=O)NCC(=O)NC(C(=O)NC(Cc1ccccc1)C(=O)NCC(=O)O)C(C)C. The van der Waals surface area contributed by atoms with E-state index in [1.165, 1.54) is 0 Å². The number of benzene rings is 1. The van der Waals surface area contributed by atoms with Gasteiger partial charge in [0.25, 0.3) is 0 Å². The Balaban J connectivity index is 3.07. The minimum Gasteiger partial charge on any atom is -0.480 e. The van der Waals surface area contributed by atoms with Crippen LogP contribution in [0.5, 0.6) is 0 Å². The standard InChI is InChI=1S/C39H65N9O10/c1-7-24(6)32(41)38(57)47-29(21-49)37(56)45-27(17-22(2)3)36(55)44-26(15-11-12-16-40)34(53)42-19-30(50)48-33(23(4)5)39(58)46-28(35(54)43-20-31(51)52)18-25-13-9-8-10-14-25/h8-10,13-14,22-24,26-29,32-33,49H,7,11-12,15-21,40-41H2,1-6H3,(H,42,53)(H,43,54)(H,44,55)(H,45,56)(H,46,58)(H,47,57)(H,48,50)(H,51,52). The third kappa shape index (κ3) is 18.9. The predicted molar refractivity (Wildman–Crippen MR) is 215 cm³/mol. The maximum absolute atomic E-state index is 13.6. The zero-order chi connectivity index (χ0) is 43.9. The number of rotatable bonds is 27. The number of amides is 7. The van der Waals surface area contributed by atoms with Crippen molar-refractivity contribution in [1.29, 1.82) is 0 Å². The molecule has 1 aromatic rings. The van der Waals surface area contributed by atoms with Gasteiger partial charge in [0.05, 0.1) is 19.2 Å². The van der Waals surface area contributed by atoms with E-state index < -0.39 is 109 Å². The van der Waals surface area contributed by atoms with E-state index in [0.717, 1.165) is 0 Å². The highest BCUT2D eigenvalue weighted by atomic mass is 16.4. The molecule has 58 heavy (non-hydrogen) atoms. The van der Waals surface area contributed by atoms with E-state index in [-0.39, 0.29) is 31.1 Å². The summed E-state index contributed by atoms with van der Waals surface area (Å²) < 4.78 is 0. The molecule has 326 valence electrons. The molecule has 0 radical (unpaired) electrons. The molecule has 0 aliphatic rings. The van der Waals surface area contributed by atoms with Gasteiger partial charge in [-0.05, 0) is 55.5 Å². The van der Waals surface area contributed by atoms with E-state index in [9.17, 15) is 43.5 Å². The topological polar surface area (TPSA) is 313 Å². The number of hydrogen-bond donors (Lipinski definition) is 11. The lowest BCUT2D eigenvalue weighted by Gasteiger charge is -2.27. The van der Waals surface area contributed by atoms with Gasteiger partial charge in [-0.3, -0.25) is 38.4 Å². The van der Waals surface area contributed by atoms with E-state index in [1.807, 2.05) is 20.8 Å². The third-order valence-corrected chi connectivity index (χ3v) is 9.31. The summed E-state index contributed by atoms with van der Waals surface area (Å²) in [5, 5.41) is 36.5. The van der Waals surface area contributed by atoms with Gasteiger partial charge in [0, 0.05) is 6.42 Å². The Morgan fingerprint density at radius 3 is 1.78 bits per heavy atom. The molecule has 0 saturated carbocycles.